The number of piperidine rings is 1. The third kappa shape index (κ3) is 4.87. The minimum absolute atomic E-state index is 0.0457. The molecule has 0 spiro atoms. The maximum Gasteiger partial charge on any atom is 0.410 e. The van der Waals surface area contributed by atoms with Crippen LogP contribution in [0.4, 0.5) is 4.79 Å². The zero-order chi connectivity index (χ0) is 21.1. The first kappa shape index (κ1) is 20.1. The minimum Gasteiger partial charge on any atom is -0.474 e. The molecule has 3 aromatic rings. The predicted molar refractivity (Wildman–Crippen MR) is 116 cm³/mol. The smallest absolute Gasteiger partial charge is 0.410 e. The Morgan fingerprint density at radius 1 is 1.00 bits per heavy atom. The van der Waals surface area contributed by atoms with E-state index in [2.05, 4.69) is 22.1 Å². The second-order valence-corrected chi connectivity index (χ2v) is 8.59. The molecule has 1 saturated heterocycles. The van der Waals surface area contributed by atoms with Gasteiger partial charge in [0.05, 0.1) is 5.52 Å². The molecule has 1 fully saturated rings. The monoisotopic (exact) mass is 405 g/mol. The van der Waals surface area contributed by atoms with Crippen LogP contribution in [0.5, 0.6) is 5.88 Å². The minimum atomic E-state index is -0.476. The maximum atomic E-state index is 12.2. The molecule has 0 atom stereocenters. The summed E-state index contributed by atoms with van der Waals surface area (Å²) in [5.74, 6) is 0.600. The van der Waals surface area contributed by atoms with E-state index in [-0.39, 0.29) is 12.2 Å². The molecule has 0 bridgehead atoms. The molecule has 0 radical (unpaired) electrons. The van der Waals surface area contributed by atoms with E-state index < -0.39 is 5.60 Å². The van der Waals surface area contributed by atoms with Gasteiger partial charge in [0, 0.05) is 60.9 Å². The van der Waals surface area contributed by atoms with Crippen LogP contribution in [0.25, 0.3) is 22.0 Å². The van der Waals surface area contributed by atoms with Crippen molar-refractivity contribution in [3.8, 4) is 17.0 Å². The van der Waals surface area contributed by atoms with Crippen molar-refractivity contribution in [1.29, 1.82) is 0 Å². The summed E-state index contributed by atoms with van der Waals surface area (Å²) in [7, 11) is 0. The number of hydrogen-bond donors (Lipinski definition) is 0. The van der Waals surface area contributed by atoms with Crippen LogP contribution in [0.3, 0.4) is 0 Å². The van der Waals surface area contributed by atoms with Gasteiger partial charge in [0.1, 0.15) is 11.7 Å². The summed E-state index contributed by atoms with van der Waals surface area (Å²) in [5, 5.41) is 1.10. The van der Waals surface area contributed by atoms with Gasteiger partial charge in [0.2, 0.25) is 5.88 Å². The molecule has 4 rings (SSSR count). The Balaban J connectivity index is 1.34. The van der Waals surface area contributed by atoms with Crippen LogP contribution in [0, 0.1) is 0 Å². The number of carbonyl (C=O) groups is 1. The van der Waals surface area contributed by atoms with Gasteiger partial charge in [-0.25, -0.2) is 9.78 Å². The highest BCUT2D eigenvalue weighted by Gasteiger charge is 2.27. The van der Waals surface area contributed by atoms with Crippen molar-refractivity contribution in [1.82, 2.24) is 14.9 Å². The van der Waals surface area contributed by atoms with E-state index in [1.54, 1.807) is 4.90 Å². The molecule has 2 aromatic heterocycles. The number of fused-ring (bicyclic) bond motifs is 1. The fourth-order valence-electron chi connectivity index (χ4n) is 3.50. The number of rotatable bonds is 3. The summed E-state index contributed by atoms with van der Waals surface area (Å²) < 4.78 is 11.5. The molecule has 0 aliphatic carbocycles. The van der Waals surface area contributed by atoms with Crippen molar-refractivity contribution in [2.45, 2.75) is 45.3 Å². The van der Waals surface area contributed by atoms with Crippen LogP contribution >= 0.6 is 0 Å². The molecule has 1 aromatic carbocycles. The lowest BCUT2D eigenvalue weighted by molar-refractivity contribution is 0.0123. The molecule has 1 aliphatic heterocycles. The van der Waals surface area contributed by atoms with Crippen molar-refractivity contribution in [2.24, 2.45) is 0 Å². The van der Waals surface area contributed by atoms with Crippen molar-refractivity contribution < 1.29 is 14.3 Å². The van der Waals surface area contributed by atoms with Crippen molar-refractivity contribution in [3.05, 3.63) is 54.9 Å². The Kier molecular flexibility index (Phi) is 5.57. The number of carbonyl (C=O) groups excluding carboxylic acids is 1. The fourth-order valence-corrected chi connectivity index (χ4v) is 3.50. The molecule has 1 amide bonds. The Morgan fingerprint density at radius 3 is 2.43 bits per heavy atom. The Bertz CT molecular complexity index is 1020. The van der Waals surface area contributed by atoms with E-state index in [4.69, 9.17) is 9.47 Å². The van der Waals surface area contributed by atoms with Crippen molar-refractivity contribution in [3.63, 3.8) is 0 Å². The number of benzene rings is 1. The number of nitrogens with zero attached hydrogens (tertiary/aromatic N) is 3. The first-order valence-corrected chi connectivity index (χ1v) is 10.3. The Labute approximate surface area is 176 Å². The summed E-state index contributed by atoms with van der Waals surface area (Å²) in [5.41, 5.74) is 2.53. The first-order valence-electron chi connectivity index (χ1n) is 10.3. The third-order valence-corrected chi connectivity index (χ3v) is 5.04. The van der Waals surface area contributed by atoms with E-state index in [0.717, 1.165) is 34.9 Å². The third-order valence-electron chi connectivity index (χ3n) is 5.04. The zero-order valence-electron chi connectivity index (χ0n) is 17.7. The second kappa shape index (κ2) is 8.30. The van der Waals surface area contributed by atoms with Gasteiger partial charge in [0.25, 0.3) is 0 Å². The summed E-state index contributed by atoms with van der Waals surface area (Å²) in [6.07, 6.45) is 4.99. The number of likely N-dealkylation sites (tertiary alicyclic amines) is 1. The molecule has 0 unspecified atom stereocenters. The van der Waals surface area contributed by atoms with E-state index >= 15 is 0 Å². The summed E-state index contributed by atoms with van der Waals surface area (Å²) >= 11 is 0. The van der Waals surface area contributed by atoms with Crippen LogP contribution in [0.2, 0.25) is 0 Å². The zero-order valence-corrected chi connectivity index (χ0v) is 17.7. The number of aromatic nitrogens is 2. The fraction of sp³-hybridized carbons (Fsp3) is 0.375. The number of ether oxygens (including phenoxy) is 2. The SMILES string of the molecule is CC(C)(C)OC(=O)N1CCC(Oc2ccc(-c3cnc4ccccc4c3)cn2)CC1. The van der Waals surface area contributed by atoms with Gasteiger partial charge in [0.15, 0.2) is 0 Å². The highest BCUT2D eigenvalue weighted by atomic mass is 16.6. The molecular weight excluding hydrogens is 378 g/mol. The number of hydrogen-bond acceptors (Lipinski definition) is 5. The molecule has 1 aliphatic rings. The lowest BCUT2D eigenvalue weighted by Gasteiger charge is -2.33. The summed E-state index contributed by atoms with van der Waals surface area (Å²) in [6, 6.07) is 14.1. The Morgan fingerprint density at radius 2 is 1.73 bits per heavy atom. The quantitative estimate of drug-likeness (QED) is 0.608. The molecule has 3 heterocycles. The average molecular weight is 405 g/mol. The van der Waals surface area contributed by atoms with Gasteiger partial charge >= 0.3 is 6.09 Å². The van der Waals surface area contributed by atoms with Crippen LogP contribution in [0.15, 0.2) is 54.9 Å². The largest absolute Gasteiger partial charge is 0.474 e. The standard InChI is InChI=1S/C24H27N3O3/c1-24(2,3)30-23(28)27-12-10-20(11-13-27)29-22-9-8-18(15-26-22)19-14-17-6-4-5-7-21(17)25-16-19/h4-9,14-16,20H,10-13H2,1-3H3. The van der Waals surface area contributed by atoms with Crippen LogP contribution in [0.1, 0.15) is 33.6 Å². The second-order valence-electron chi connectivity index (χ2n) is 8.59. The lowest BCUT2D eigenvalue weighted by Crippen LogP contribution is -2.44. The van der Waals surface area contributed by atoms with Gasteiger partial charge in [-0.2, -0.15) is 0 Å². The normalized spacial score (nSPS) is 15.2. The van der Waals surface area contributed by atoms with Gasteiger partial charge in [-0.05, 0) is 39.0 Å². The summed E-state index contributed by atoms with van der Waals surface area (Å²) in [4.78, 5) is 22.9. The van der Waals surface area contributed by atoms with E-state index in [1.807, 2.05) is 63.5 Å². The van der Waals surface area contributed by atoms with Crippen LogP contribution < -0.4 is 4.74 Å². The molecule has 6 nitrogen and oxygen atoms in total. The predicted octanol–water partition coefficient (Wildman–Crippen LogP) is 5.08. The topological polar surface area (TPSA) is 64.5 Å². The van der Waals surface area contributed by atoms with Crippen LogP contribution in [-0.2, 0) is 4.74 Å². The maximum absolute atomic E-state index is 12.2. The summed E-state index contributed by atoms with van der Waals surface area (Å²) in [6.45, 7) is 6.89. The molecule has 30 heavy (non-hydrogen) atoms. The van der Waals surface area contributed by atoms with Gasteiger partial charge < -0.3 is 14.4 Å². The lowest BCUT2D eigenvalue weighted by atomic mass is 10.1. The van der Waals surface area contributed by atoms with Gasteiger partial charge in [-0.15, -0.1) is 0 Å². The molecule has 156 valence electrons. The first-order chi connectivity index (χ1) is 14.4. The Hall–Kier alpha value is -3.15. The highest BCUT2D eigenvalue weighted by molar-refractivity contribution is 5.83. The van der Waals surface area contributed by atoms with Crippen LogP contribution in [-0.4, -0.2) is 45.8 Å². The van der Waals surface area contributed by atoms with E-state index in [0.29, 0.717) is 19.0 Å². The number of amides is 1. The highest BCUT2D eigenvalue weighted by Crippen LogP contribution is 2.25. The van der Waals surface area contributed by atoms with Gasteiger partial charge in [-0.3, -0.25) is 4.98 Å². The molecule has 0 N–H and O–H groups in total. The van der Waals surface area contributed by atoms with E-state index in [9.17, 15) is 4.79 Å². The molecule has 0 saturated carbocycles. The number of pyridine rings is 2. The van der Waals surface area contributed by atoms with Gasteiger partial charge in [-0.1, -0.05) is 18.2 Å². The average Bonchev–Trinajstić information content (AvgIpc) is 2.73. The van der Waals surface area contributed by atoms with E-state index in [1.165, 1.54) is 0 Å². The van der Waals surface area contributed by atoms with Crippen molar-refractivity contribution in [2.75, 3.05) is 13.1 Å². The molecule has 6 heteroatoms. The number of para-hydroxylation sites is 1. The van der Waals surface area contributed by atoms with Crippen molar-refractivity contribution >= 4 is 17.0 Å². The molecular formula is C24H27N3O3.